The zero-order chi connectivity index (χ0) is 12.4. The van der Waals surface area contributed by atoms with Crippen molar-refractivity contribution in [1.82, 2.24) is 4.98 Å². The van der Waals surface area contributed by atoms with Gasteiger partial charge in [-0.15, -0.1) is 0 Å². The minimum atomic E-state index is -0.852. The third-order valence-electron chi connectivity index (χ3n) is 2.54. The molecule has 1 atom stereocenters. The summed E-state index contributed by atoms with van der Waals surface area (Å²) >= 11 is 6.05. The van der Waals surface area contributed by atoms with Crippen LogP contribution in [-0.2, 0) is 9.53 Å². The predicted octanol–water partition coefficient (Wildman–Crippen LogP) is 2.06. The molecule has 88 valence electrons. The first kappa shape index (κ1) is 11.8. The quantitative estimate of drug-likeness (QED) is 0.829. The molecular weight excluding hydrogens is 240 g/mol. The molecule has 0 fully saturated rings. The lowest BCUT2D eigenvalue weighted by atomic mass is 10.0. The van der Waals surface area contributed by atoms with Gasteiger partial charge in [0.1, 0.15) is 6.04 Å². The van der Waals surface area contributed by atoms with Crippen molar-refractivity contribution >= 4 is 28.5 Å². The summed E-state index contributed by atoms with van der Waals surface area (Å²) in [6.45, 7) is 0. The van der Waals surface area contributed by atoms with E-state index < -0.39 is 12.0 Å². The van der Waals surface area contributed by atoms with Gasteiger partial charge in [0.05, 0.1) is 12.6 Å². The average Bonchev–Trinajstić information content (AvgIpc) is 2.38. The van der Waals surface area contributed by atoms with Gasteiger partial charge in [-0.3, -0.25) is 9.78 Å². The highest BCUT2D eigenvalue weighted by Gasteiger charge is 2.19. The molecule has 0 radical (unpaired) electrons. The Hall–Kier alpha value is -1.65. The Bertz CT molecular complexity index is 571. The number of halogens is 1. The molecule has 1 unspecified atom stereocenters. The molecule has 0 aliphatic rings. The molecule has 0 bridgehead atoms. The van der Waals surface area contributed by atoms with Crippen LogP contribution in [0.1, 0.15) is 11.6 Å². The van der Waals surface area contributed by atoms with Gasteiger partial charge in [-0.25, -0.2) is 0 Å². The molecule has 2 aromatic rings. The molecule has 1 aromatic carbocycles. The Kier molecular flexibility index (Phi) is 3.26. The number of rotatable bonds is 2. The second-order valence-corrected chi connectivity index (χ2v) is 3.94. The van der Waals surface area contributed by atoms with E-state index in [4.69, 9.17) is 17.3 Å². The van der Waals surface area contributed by atoms with Crippen molar-refractivity contribution in [2.45, 2.75) is 6.04 Å². The fraction of sp³-hybridized carbons (Fsp3) is 0.167. The number of esters is 1. The zero-order valence-electron chi connectivity index (χ0n) is 9.18. The molecule has 0 saturated carbocycles. The molecule has 5 heteroatoms. The number of benzene rings is 1. The van der Waals surface area contributed by atoms with Crippen LogP contribution >= 0.6 is 11.6 Å². The summed E-state index contributed by atoms with van der Waals surface area (Å²) in [6.07, 6.45) is 1.63. The maximum atomic E-state index is 11.4. The standard InChI is InChI=1S/C12H11ClN2O2/c1-17-12(16)10(14)8-4-5-9(13)7-3-2-6-15-11(7)8/h2-6,10H,14H2,1H3. The largest absolute Gasteiger partial charge is 0.468 e. The van der Waals surface area contributed by atoms with Crippen LogP contribution in [0, 0.1) is 0 Å². The number of methoxy groups -OCH3 is 1. The Balaban J connectivity index is 2.63. The van der Waals surface area contributed by atoms with E-state index in [0.29, 0.717) is 16.1 Å². The number of fused-ring (bicyclic) bond motifs is 1. The number of hydrogen-bond donors (Lipinski definition) is 1. The van der Waals surface area contributed by atoms with Gasteiger partial charge in [0, 0.05) is 22.2 Å². The summed E-state index contributed by atoms with van der Waals surface area (Å²) in [6, 6.07) is 6.15. The number of nitrogens with zero attached hydrogens (tertiary/aromatic N) is 1. The van der Waals surface area contributed by atoms with Gasteiger partial charge in [0.2, 0.25) is 0 Å². The van der Waals surface area contributed by atoms with Crippen molar-refractivity contribution in [3.8, 4) is 0 Å². The van der Waals surface area contributed by atoms with Crippen molar-refractivity contribution in [2.75, 3.05) is 7.11 Å². The van der Waals surface area contributed by atoms with E-state index in [1.165, 1.54) is 7.11 Å². The fourth-order valence-electron chi connectivity index (χ4n) is 1.66. The van der Waals surface area contributed by atoms with E-state index in [1.54, 1.807) is 24.4 Å². The fourth-order valence-corrected chi connectivity index (χ4v) is 1.88. The molecule has 1 heterocycles. The van der Waals surface area contributed by atoms with Gasteiger partial charge in [-0.05, 0) is 18.2 Å². The molecule has 0 amide bonds. The first-order valence-electron chi connectivity index (χ1n) is 5.01. The minimum absolute atomic E-state index is 0.501. The van der Waals surface area contributed by atoms with E-state index in [2.05, 4.69) is 9.72 Å². The maximum absolute atomic E-state index is 11.4. The normalized spacial score (nSPS) is 12.4. The van der Waals surface area contributed by atoms with Crippen LogP contribution in [0.2, 0.25) is 5.02 Å². The number of ether oxygens (including phenoxy) is 1. The third-order valence-corrected chi connectivity index (χ3v) is 2.87. The van der Waals surface area contributed by atoms with Crippen LogP contribution in [0.25, 0.3) is 10.9 Å². The van der Waals surface area contributed by atoms with Crippen molar-refractivity contribution in [3.63, 3.8) is 0 Å². The average molecular weight is 251 g/mol. The molecule has 4 nitrogen and oxygen atoms in total. The van der Waals surface area contributed by atoms with Gasteiger partial charge < -0.3 is 10.5 Å². The van der Waals surface area contributed by atoms with E-state index in [-0.39, 0.29) is 0 Å². The van der Waals surface area contributed by atoms with E-state index in [9.17, 15) is 4.79 Å². The molecular formula is C12H11ClN2O2. The Labute approximate surface area is 103 Å². The van der Waals surface area contributed by atoms with Crippen LogP contribution in [-0.4, -0.2) is 18.1 Å². The van der Waals surface area contributed by atoms with E-state index in [0.717, 1.165) is 5.39 Å². The van der Waals surface area contributed by atoms with Crippen molar-refractivity contribution in [2.24, 2.45) is 5.73 Å². The number of carbonyl (C=O) groups is 1. The topological polar surface area (TPSA) is 65.2 Å². The first-order chi connectivity index (χ1) is 8.15. The third kappa shape index (κ3) is 2.09. The summed E-state index contributed by atoms with van der Waals surface area (Å²) < 4.78 is 4.62. The maximum Gasteiger partial charge on any atom is 0.327 e. The lowest BCUT2D eigenvalue weighted by Gasteiger charge is -2.12. The zero-order valence-corrected chi connectivity index (χ0v) is 9.94. The van der Waals surface area contributed by atoms with Gasteiger partial charge >= 0.3 is 5.97 Å². The molecule has 17 heavy (non-hydrogen) atoms. The van der Waals surface area contributed by atoms with Crippen molar-refractivity contribution < 1.29 is 9.53 Å². The number of nitrogens with two attached hydrogens (primary N) is 1. The Morgan fingerprint density at radius 1 is 1.47 bits per heavy atom. The van der Waals surface area contributed by atoms with E-state index >= 15 is 0 Å². The SMILES string of the molecule is COC(=O)C(N)c1ccc(Cl)c2cccnc12. The second kappa shape index (κ2) is 4.69. The summed E-state index contributed by atoms with van der Waals surface area (Å²) in [5, 5.41) is 1.35. The van der Waals surface area contributed by atoms with Crippen molar-refractivity contribution in [1.29, 1.82) is 0 Å². The predicted molar refractivity (Wildman–Crippen MR) is 65.7 cm³/mol. The second-order valence-electron chi connectivity index (χ2n) is 3.54. The first-order valence-corrected chi connectivity index (χ1v) is 5.39. The van der Waals surface area contributed by atoms with Gasteiger partial charge in [-0.2, -0.15) is 0 Å². The van der Waals surface area contributed by atoms with Crippen LogP contribution in [0.5, 0.6) is 0 Å². The van der Waals surface area contributed by atoms with Crippen molar-refractivity contribution in [3.05, 3.63) is 41.0 Å². The highest BCUT2D eigenvalue weighted by atomic mass is 35.5. The Morgan fingerprint density at radius 3 is 2.94 bits per heavy atom. The number of hydrogen-bond acceptors (Lipinski definition) is 4. The molecule has 2 rings (SSSR count). The molecule has 1 aromatic heterocycles. The number of aromatic nitrogens is 1. The minimum Gasteiger partial charge on any atom is -0.468 e. The van der Waals surface area contributed by atoms with Crippen LogP contribution < -0.4 is 5.73 Å². The van der Waals surface area contributed by atoms with Gasteiger partial charge in [-0.1, -0.05) is 17.7 Å². The monoisotopic (exact) mass is 250 g/mol. The molecule has 2 N–H and O–H groups in total. The summed E-state index contributed by atoms with van der Waals surface area (Å²) in [5.74, 6) is -0.501. The number of pyridine rings is 1. The highest BCUT2D eigenvalue weighted by Crippen LogP contribution is 2.27. The van der Waals surface area contributed by atoms with E-state index in [1.807, 2.05) is 6.07 Å². The van der Waals surface area contributed by atoms with Crippen LogP contribution in [0.15, 0.2) is 30.5 Å². The Morgan fingerprint density at radius 2 is 2.24 bits per heavy atom. The molecule has 0 spiro atoms. The number of carbonyl (C=O) groups excluding carboxylic acids is 1. The van der Waals surface area contributed by atoms with Gasteiger partial charge in [0.15, 0.2) is 0 Å². The highest BCUT2D eigenvalue weighted by molar-refractivity contribution is 6.35. The smallest absolute Gasteiger partial charge is 0.327 e. The summed E-state index contributed by atoms with van der Waals surface area (Å²) in [7, 11) is 1.30. The summed E-state index contributed by atoms with van der Waals surface area (Å²) in [5.41, 5.74) is 7.04. The lowest BCUT2D eigenvalue weighted by molar-refractivity contribution is -0.142. The molecule has 0 aliphatic carbocycles. The summed E-state index contributed by atoms with van der Waals surface area (Å²) in [4.78, 5) is 15.6. The lowest BCUT2D eigenvalue weighted by Crippen LogP contribution is -2.23. The van der Waals surface area contributed by atoms with Crippen LogP contribution in [0.3, 0.4) is 0 Å². The molecule has 0 aliphatic heterocycles. The van der Waals surface area contributed by atoms with Gasteiger partial charge in [0.25, 0.3) is 0 Å². The van der Waals surface area contributed by atoms with Crippen LogP contribution in [0.4, 0.5) is 0 Å². The molecule has 0 saturated heterocycles.